The van der Waals surface area contributed by atoms with E-state index < -0.39 is 47.8 Å². The van der Waals surface area contributed by atoms with Crippen LogP contribution < -0.4 is 0 Å². The zero-order chi connectivity index (χ0) is 17.9. The van der Waals surface area contributed by atoms with Gasteiger partial charge in [0, 0.05) is 12.3 Å². The third kappa shape index (κ3) is 4.64. The predicted octanol–water partition coefficient (Wildman–Crippen LogP) is 2.06. The van der Waals surface area contributed by atoms with Gasteiger partial charge in [-0.15, -0.1) is 6.42 Å². The number of hydrogen-bond acceptors (Lipinski definition) is 8. The van der Waals surface area contributed by atoms with Gasteiger partial charge in [0.2, 0.25) is 0 Å². The first-order chi connectivity index (χ1) is 11.3. The van der Waals surface area contributed by atoms with Crippen LogP contribution in [0.1, 0.15) is 20.8 Å². The monoisotopic (exact) mass is 422 g/mol. The van der Waals surface area contributed by atoms with Gasteiger partial charge in [0.05, 0.1) is 5.75 Å². The number of rotatable bonds is 5. The minimum absolute atomic E-state index is 0.207. The van der Waals surface area contributed by atoms with Gasteiger partial charge in [0.1, 0.15) is 12.2 Å². The Morgan fingerprint density at radius 2 is 2.12 bits per heavy atom. The van der Waals surface area contributed by atoms with E-state index in [2.05, 4.69) is 21.9 Å². The van der Waals surface area contributed by atoms with Gasteiger partial charge in [-0.05, 0) is 25.6 Å². The number of hydrogen-bond donors (Lipinski definition) is 0. The molecule has 9 heteroatoms. The second-order valence-electron chi connectivity index (χ2n) is 5.70. The van der Waals surface area contributed by atoms with E-state index in [9.17, 15) is 9.59 Å². The lowest BCUT2D eigenvalue weighted by molar-refractivity contribution is -0.227. The lowest BCUT2D eigenvalue weighted by Gasteiger charge is -2.29. The number of fused-ring (bicyclic) bond motifs is 1. The second-order valence-corrected chi connectivity index (χ2v) is 7.25. The molecule has 2 saturated heterocycles. The van der Waals surface area contributed by atoms with Gasteiger partial charge < -0.3 is 23.7 Å². The molecule has 0 N–H and O–H groups in total. The highest BCUT2D eigenvalue weighted by atomic mass is 79.9. The van der Waals surface area contributed by atoms with E-state index >= 15 is 0 Å². The van der Waals surface area contributed by atoms with E-state index in [0.29, 0.717) is 5.33 Å². The van der Waals surface area contributed by atoms with Gasteiger partial charge in [0.25, 0.3) is 0 Å². The molecule has 7 nitrogen and oxygen atoms in total. The Labute approximate surface area is 153 Å². The third-order valence-electron chi connectivity index (χ3n) is 3.37. The summed E-state index contributed by atoms with van der Waals surface area (Å²) in [6.07, 6.45) is 1.68. The molecular weight excluding hydrogens is 404 g/mol. The number of halogens is 1. The van der Waals surface area contributed by atoms with Crippen molar-refractivity contribution in [3.05, 3.63) is 0 Å². The van der Waals surface area contributed by atoms with E-state index in [0.717, 1.165) is 11.8 Å². The number of carbonyl (C=O) groups excluding carboxylic acids is 2. The molecule has 0 aliphatic carbocycles. The quantitative estimate of drug-likeness (QED) is 0.378. The van der Waals surface area contributed by atoms with Crippen LogP contribution in [0.5, 0.6) is 0 Å². The molecule has 0 bridgehead atoms. The summed E-state index contributed by atoms with van der Waals surface area (Å²) in [6, 6.07) is 0. The Morgan fingerprint density at radius 3 is 2.71 bits per heavy atom. The van der Waals surface area contributed by atoms with Crippen molar-refractivity contribution in [1.82, 2.24) is 0 Å². The molecule has 2 fully saturated rings. The first-order valence-electron chi connectivity index (χ1n) is 7.28. The molecule has 2 aliphatic rings. The number of terminal acetylenes is 1. The maximum Gasteiger partial charge on any atom is 0.368 e. The highest BCUT2D eigenvalue weighted by Gasteiger charge is 2.58. The van der Waals surface area contributed by atoms with E-state index in [-0.39, 0.29) is 5.75 Å². The molecule has 0 saturated carbocycles. The predicted molar refractivity (Wildman–Crippen MR) is 89.6 cm³/mol. The Bertz CT molecular complexity index is 532. The van der Waals surface area contributed by atoms with Crippen molar-refractivity contribution in [1.29, 1.82) is 0 Å². The average Bonchev–Trinajstić information content (AvgIpc) is 2.95. The number of alkyl halides is 1. The van der Waals surface area contributed by atoms with Gasteiger partial charge in [-0.25, -0.2) is 4.79 Å². The SMILES string of the molecule is C#CCSC(=O)OC(CBr)[C@H]1O[C@@H]2OC(C)(C)O[C@@H]2[C@H]1OC(C)=O. The second kappa shape index (κ2) is 8.06. The number of ether oxygens (including phenoxy) is 5. The van der Waals surface area contributed by atoms with Crippen LogP contribution in [0.4, 0.5) is 4.79 Å². The van der Waals surface area contributed by atoms with Crippen molar-refractivity contribution in [3.63, 3.8) is 0 Å². The van der Waals surface area contributed by atoms with Crippen LogP contribution in [-0.4, -0.2) is 58.8 Å². The van der Waals surface area contributed by atoms with Gasteiger partial charge in [-0.1, -0.05) is 21.9 Å². The summed E-state index contributed by atoms with van der Waals surface area (Å²) in [7, 11) is 0. The van der Waals surface area contributed by atoms with Gasteiger partial charge in [0.15, 0.2) is 24.3 Å². The first kappa shape index (κ1) is 19.5. The molecule has 0 radical (unpaired) electrons. The van der Waals surface area contributed by atoms with Crippen molar-refractivity contribution in [2.45, 2.75) is 57.3 Å². The fourth-order valence-electron chi connectivity index (χ4n) is 2.57. The van der Waals surface area contributed by atoms with Gasteiger partial charge >= 0.3 is 11.3 Å². The molecular formula is C15H19BrO7S. The largest absolute Gasteiger partial charge is 0.457 e. The third-order valence-corrected chi connectivity index (χ3v) is 4.65. The maximum absolute atomic E-state index is 11.8. The Kier molecular flexibility index (Phi) is 6.56. The minimum Gasteiger partial charge on any atom is -0.457 e. The Balaban J connectivity index is 2.10. The van der Waals surface area contributed by atoms with Crippen LogP contribution in [0.15, 0.2) is 0 Å². The molecule has 0 spiro atoms. The molecule has 1 unspecified atom stereocenters. The number of carbonyl (C=O) groups is 2. The van der Waals surface area contributed by atoms with Gasteiger partial charge in [-0.2, -0.15) is 0 Å². The van der Waals surface area contributed by atoms with E-state index in [1.807, 2.05) is 0 Å². The van der Waals surface area contributed by atoms with Crippen molar-refractivity contribution < 1.29 is 33.3 Å². The van der Waals surface area contributed by atoms with E-state index in [1.165, 1.54) is 6.92 Å². The molecule has 24 heavy (non-hydrogen) atoms. The highest BCUT2D eigenvalue weighted by molar-refractivity contribution is 9.09. The maximum atomic E-state index is 11.8. The standard InChI is InChI=1S/C15H19BrO7S/c1-5-6-24-14(18)20-9(7-16)10-11(19-8(2)17)12-13(21-10)23-15(3,4)22-12/h1,9-13H,6-7H2,2-4H3/t9?,10-,11+,12-,13-/m1/s1. The topological polar surface area (TPSA) is 80.3 Å². The lowest BCUT2D eigenvalue weighted by atomic mass is 10.1. The summed E-state index contributed by atoms with van der Waals surface area (Å²) >= 11 is 4.16. The summed E-state index contributed by atoms with van der Waals surface area (Å²) in [5, 5.41) is -0.234. The minimum atomic E-state index is -0.845. The molecule has 134 valence electrons. The summed E-state index contributed by atoms with van der Waals surface area (Å²) < 4.78 is 28.0. The van der Waals surface area contributed by atoms with Crippen LogP contribution in [0.3, 0.4) is 0 Å². The number of esters is 1. The first-order valence-corrected chi connectivity index (χ1v) is 9.39. The van der Waals surface area contributed by atoms with Crippen LogP contribution in [0.25, 0.3) is 0 Å². The fraction of sp³-hybridized carbons (Fsp3) is 0.733. The summed E-state index contributed by atoms with van der Waals surface area (Å²) in [4.78, 5) is 23.3. The molecule has 2 rings (SSSR count). The van der Waals surface area contributed by atoms with Crippen LogP contribution in [0.2, 0.25) is 0 Å². The van der Waals surface area contributed by atoms with E-state index in [4.69, 9.17) is 30.1 Å². The average molecular weight is 423 g/mol. The Morgan fingerprint density at radius 1 is 1.42 bits per heavy atom. The lowest BCUT2D eigenvalue weighted by Crippen LogP contribution is -2.45. The van der Waals surface area contributed by atoms with Crippen LogP contribution in [0, 0.1) is 12.3 Å². The number of thioether (sulfide) groups is 1. The zero-order valence-corrected chi connectivity index (χ0v) is 15.9. The van der Waals surface area contributed by atoms with Crippen molar-refractivity contribution in [2.75, 3.05) is 11.1 Å². The van der Waals surface area contributed by atoms with Crippen LogP contribution in [-0.2, 0) is 28.5 Å². The molecule has 0 aromatic heterocycles. The fourth-order valence-corrected chi connectivity index (χ4v) is 3.47. The van der Waals surface area contributed by atoms with Crippen LogP contribution >= 0.6 is 27.7 Å². The summed E-state index contributed by atoms with van der Waals surface area (Å²) in [6.45, 7) is 4.78. The summed E-state index contributed by atoms with van der Waals surface area (Å²) in [5.41, 5.74) is 0. The summed E-state index contributed by atoms with van der Waals surface area (Å²) in [5.74, 6) is 1.22. The smallest absolute Gasteiger partial charge is 0.368 e. The molecule has 0 aromatic carbocycles. The molecule has 5 atom stereocenters. The molecule has 0 aromatic rings. The Hall–Kier alpha value is -0.790. The molecule has 2 heterocycles. The van der Waals surface area contributed by atoms with E-state index in [1.54, 1.807) is 13.8 Å². The highest BCUT2D eigenvalue weighted by Crippen LogP contribution is 2.40. The molecule has 0 amide bonds. The van der Waals surface area contributed by atoms with Crippen molar-refractivity contribution in [2.24, 2.45) is 0 Å². The van der Waals surface area contributed by atoms with Crippen molar-refractivity contribution >= 4 is 39.0 Å². The van der Waals surface area contributed by atoms with Gasteiger partial charge in [-0.3, -0.25) is 4.79 Å². The normalized spacial score (nSPS) is 31.8. The zero-order valence-electron chi connectivity index (χ0n) is 13.5. The van der Waals surface area contributed by atoms with Crippen molar-refractivity contribution in [3.8, 4) is 12.3 Å². The molecule has 2 aliphatic heterocycles.